The summed E-state index contributed by atoms with van der Waals surface area (Å²) in [6, 6.07) is 12.8. The summed E-state index contributed by atoms with van der Waals surface area (Å²) < 4.78 is 7.00. The Morgan fingerprint density at radius 2 is 1.59 bits per heavy atom. The van der Waals surface area contributed by atoms with Crippen molar-refractivity contribution in [3.8, 4) is 0 Å². The van der Waals surface area contributed by atoms with Crippen LogP contribution >= 0.6 is 0 Å². The van der Waals surface area contributed by atoms with Crippen molar-refractivity contribution < 1.29 is 18.9 Å². The number of carbonyl (C=O) groups is 2. The Morgan fingerprint density at radius 3 is 2.31 bits per heavy atom. The molecule has 1 amide bonds. The van der Waals surface area contributed by atoms with Gasteiger partial charge in [0.05, 0.1) is 6.61 Å². The molecule has 2 aromatic rings. The van der Waals surface area contributed by atoms with Crippen LogP contribution in [-0.4, -0.2) is 18.5 Å². The maximum absolute atomic E-state index is 12.4. The molecular formula is C24H33N2O3+. The quantitative estimate of drug-likeness (QED) is 0.297. The number of nitrogens with one attached hydrogen (secondary N) is 1. The number of aromatic nitrogens is 1. The summed E-state index contributed by atoms with van der Waals surface area (Å²) in [5.74, 6) is -0.489. The molecule has 0 unspecified atom stereocenters. The Labute approximate surface area is 174 Å². The molecule has 0 fully saturated rings. The molecule has 1 heterocycles. The number of amides is 1. The van der Waals surface area contributed by atoms with Gasteiger partial charge in [-0.15, -0.1) is 0 Å². The summed E-state index contributed by atoms with van der Waals surface area (Å²) in [4.78, 5) is 24.4. The molecule has 29 heavy (non-hydrogen) atoms. The second-order valence-electron chi connectivity index (χ2n) is 7.28. The standard InChI is InChI=1S/C24H32N2O3/c1-2-3-4-5-6-7-8-12-18-29-23(27)20-26-17-13-14-21(19-26)24(28)25-22-15-10-9-11-16-22/h9-11,13-17,19H,2-8,12,18,20H2,1H3/p+1. The van der Waals surface area contributed by atoms with Crippen LogP contribution in [0.4, 0.5) is 5.69 Å². The molecule has 0 radical (unpaired) electrons. The predicted molar refractivity (Wildman–Crippen MR) is 115 cm³/mol. The van der Waals surface area contributed by atoms with Crippen molar-refractivity contribution in [2.75, 3.05) is 11.9 Å². The third-order valence-electron chi connectivity index (χ3n) is 4.72. The number of hydrogen-bond acceptors (Lipinski definition) is 3. The van der Waals surface area contributed by atoms with Crippen LogP contribution in [0.2, 0.25) is 0 Å². The van der Waals surface area contributed by atoms with Crippen molar-refractivity contribution in [2.45, 2.75) is 64.8 Å². The molecule has 0 spiro atoms. The third-order valence-corrected chi connectivity index (χ3v) is 4.72. The van der Waals surface area contributed by atoms with Crippen molar-refractivity contribution in [1.82, 2.24) is 0 Å². The molecule has 0 saturated heterocycles. The lowest BCUT2D eigenvalue weighted by Crippen LogP contribution is -2.39. The van der Waals surface area contributed by atoms with E-state index in [4.69, 9.17) is 4.74 Å². The number of pyridine rings is 1. The van der Waals surface area contributed by atoms with E-state index in [1.54, 1.807) is 29.1 Å². The number of hydrogen-bond donors (Lipinski definition) is 1. The molecule has 0 bridgehead atoms. The Hall–Kier alpha value is -2.69. The van der Waals surface area contributed by atoms with E-state index in [2.05, 4.69) is 12.2 Å². The molecule has 0 atom stereocenters. The van der Waals surface area contributed by atoms with E-state index >= 15 is 0 Å². The number of anilines is 1. The number of esters is 1. The summed E-state index contributed by atoms with van der Waals surface area (Å²) in [5.41, 5.74) is 1.23. The SMILES string of the molecule is CCCCCCCCCCOC(=O)C[n+]1cccc(C(=O)Nc2ccccc2)c1. The molecule has 0 aliphatic heterocycles. The number of carbonyl (C=O) groups excluding carboxylic acids is 2. The fourth-order valence-corrected chi connectivity index (χ4v) is 3.10. The van der Waals surface area contributed by atoms with E-state index < -0.39 is 0 Å². The Bertz CT molecular complexity index is 747. The minimum absolute atomic E-state index is 0.101. The van der Waals surface area contributed by atoms with Gasteiger partial charge in [-0.2, -0.15) is 4.57 Å². The van der Waals surface area contributed by atoms with Crippen LogP contribution in [0.1, 0.15) is 68.6 Å². The number of nitrogens with zero attached hydrogens (tertiary/aromatic N) is 1. The Kier molecular flexibility index (Phi) is 10.5. The third kappa shape index (κ3) is 9.37. The fourth-order valence-electron chi connectivity index (χ4n) is 3.10. The zero-order valence-corrected chi connectivity index (χ0v) is 17.4. The smallest absolute Gasteiger partial charge is 0.372 e. The first-order valence-electron chi connectivity index (χ1n) is 10.7. The number of ether oxygens (including phenoxy) is 1. The highest BCUT2D eigenvalue weighted by atomic mass is 16.5. The van der Waals surface area contributed by atoms with Gasteiger partial charge in [0.25, 0.3) is 5.91 Å². The lowest BCUT2D eigenvalue weighted by atomic mass is 10.1. The number of benzene rings is 1. The molecule has 2 rings (SSSR count). The van der Waals surface area contributed by atoms with E-state index in [0.717, 1.165) is 18.5 Å². The molecule has 1 aromatic carbocycles. The average molecular weight is 398 g/mol. The highest BCUT2D eigenvalue weighted by molar-refractivity contribution is 6.03. The first kappa shape index (κ1) is 22.6. The molecule has 156 valence electrons. The van der Waals surface area contributed by atoms with Crippen molar-refractivity contribution in [1.29, 1.82) is 0 Å². The Balaban J connectivity index is 1.67. The lowest BCUT2D eigenvalue weighted by molar-refractivity contribution is -0.686. The van der Waals surface area contributed by atoms with Crippen LogP contribution in [-0.2, 0) is 16.1 Å². The van der Waals surface area contributed by atoms with E-state index in [1.807, 2.05) is 30.3 Å². The molecule has 0 aliphatic rings. The summed E-state index contributed by atoms with van der Waals surface area (Å²) in [6.45, 7) is 2.79. The highest BCUT2D eigenvalue weighted by Gasteiger charge is 2.14. The number of rotatable bonds is 13. The van der Waals surface area contributed by atoms with Crippen molar-refractivity contribution >= 4 is 17.6 Å². The van der Waals surface area contributed by atoms with Crippen LogP contribution < -0.4 is 9.88 Å². The summed E-state index contributed by atoms with van der Waals surface area (Å²) in [5, 5.41) is 2.84. The van der Waals surface area contributed by atoms with Crippen molar-refractivity contribution in [3.05, 3.63) is 60.4 Å². The molecule has 0 saturated carbocycles. The van der Waals surface area contributed by atoms with Gasteiger partial charge < -0.3 is 10.1 Å². The molecular weight excluding hydrogens is 364 g/mol. The zero-order valence-electron chi connectivity index (χ0n) is 17.4. The number of para-hydroxylation sites is 1. The van der Waals surface area contributed by atoms with Gasteiger partial charge in [0.2, 0.25) is 6.54 Å². The van der Waals surface area contributed by atoms with E-state index in [-0.39, 0.29) is 18.4 Å². The normalized spacial score (nSPS) is 10.5. The van der Waals surface area contributed by atoms with E-state index in [1.165, 1.54) is 38.5 Å². The first-order valence-corrected chi connectivity index (χ1v) is 10.7. The van der Waals surface area contributed by atoms with Crippen LogP contribution in [0.25, 0.3) is 0 Å². The Morgan fingerprint density at radius 1 is 0.897 bits per heavy atom. The molecule has 1 aromatic heterocycles. The van der Waals surface area contributed by atoms with E-state index in [0.29, 0.717) is 12.2 Å². The lowest BCUT2D eigenvalue weighted by Gasteiger charge is -2.05. The first-order chi connectivity index (χ1) is 14.2. The van der Waals surface area contributed by atoms with Crippen LogP contribution in [0.5, 0.6) is 0 Å². The minimum Gasteiger partial charge on any atom is -0.461 e. The maximum atomic E-state index is 12.4. The second kappa shape index (κ2) is 13.5. The van der Waals surface area contributed by atoms with Crippen LogP contribution in [0.3, 0.4) is 0 Å². The maximum Gasteiger partial charge on any atom is 0.372 e. The van der Waals surface area contributed by atoms with Crippen molar-refractivity contribution in [3.63, 3.8) is 0 Å². The van der Waals surface area contributed by atoms with Gasteiger partial charge in [-0.3, -0.25) is 4.79 Å². The van der Waals surface area contributed by atoms with Gasteiger partial charge >= 0.3 is 5.97 Å². The van der Waals surface area contributed by atoms with Gasteiger partial charge in [-0.1, -0.05) is 70.1 Å². The van der Waals surface area contributed by atoms with Gasteiger partial charge in [0, 0.05) is 11.8 Å². The van der Waals surface area contributed by atoms with Gasteiger partial charge in [0.15, 0.2) is 12.4 Å². The van der Waals surface area contributed by atoms with Crippen molar-refractivity contribution in [2.24, 2.45) is 0 Å². The highest BCUT2D eigenvalue weighted by Crippen LogP contribution is 2.09. The summed E-state index contributed by atoms with van der Waals surface area (Å²) in [7, 11) is 0. The monoisotopic (exact) mass is 397 g/mol. The summed E-state index contributed by atoms with van der Waals surface area (Å²) >= 11 is 0. The van der Waals surface area contributed by atoms with E-state index in [9.17, 15) is 9.59 Å². The average Bonchev–Trinajstić information content (AvgIpc) is 2.73. The summed E-state index contributed by atoms with van der Waals surface area (Å²) in [6.07, 6.45) is 13.1. The predicted octanol–water partition coefficient (Wildman–Crippen LogP) is 4.91. The largest absolute Gasteiger partial charge is 0.461 e. The molecule has 0 aliphatic carbocycles. The van der Waals surface area contributed by atoms with Crippen LogP contribution in [0.15, 0.2) is 54.9 Å². The zero-order chi connectivity index (χ0) is 20.7. The molecule has 1 N–H and O–H groups in total. The molecule has 5 nitrogen and oxygen atoms in total. The second-order valence-corrected chi connectivity index (χ2v) is 7.28. The topological polar surface area (TPSA) is 59.3 Å². The van der Waals surface area contributed by atoms with Gasteiger partial charge in [-0.25, -0.2) is 4.79 Å². The van der Waals surface area contributed by atoms with Crippen LogP contribution in [0, 0.1) is 0 Å². The van der Waals surface area contributed by atoms with Gasteiger partial charge in [0.1, 0.15) is 5.56 Å². The number of unbranched alkanes of at least 4 members (excludes halogenated alkanes) is 7. The molecule has 5 heteroatoms. The minimum atomic E-state index is -0.279. The fraction of sp³-hybridized carbons (Fsp3) is 0.458. The van der Waals surface area contributed by atoms with Gasteiger partial charge in [-0.05, 0) is 24.6 Å².